The van der Waals surface area contributed by atoms with Crippen molar-refractivity contribution in [3.8, 4) is 17.1 Å². The van der Waals surface area contributed by atoms with Crippen LogP contribution in [0.4, 0.5) is 11.4 Å². The van der Waals surface area contributed by atoms with Gasteiger partial charge in [0.2, 0.25) is 5.82 Å². The summed E-state index contributed by atoms with van der Waals surface area (Å²) in [7, 11) is 0.583. The summed E-state index contributed by atoms with van der Waals surface area (Å²) in [5.41, 5.74) is 4.00. The van der Waals surface area contributed by atoms with Crippen molar-refractivity contribution < 1.29 is 42.0 Å². The molecule has 0 spiro atoms. The van der Waals surface area contributed by atoms with Crippen molar-refractivity contribution in [2.24, 2.45) is 18.0 Å². The molecule has 0 atom stereocenters. The monoisotopic (exact) mass is 846 g/mol. The van der Waals surface area contributed by atoms with E-state index in [0.29, 0.717) is 34.1 Å². The Kier molecular flexibility index (Phi) is 13.6. The van der Waals surface area contributed by atoms with Gasteiger partial charge in [-0.05, 0) is 59.0 Å². The summed E-state index contributed by atoms with van der Waals surface area (Å²) in [5, 5.41) is 18.2. The number of carbonyl (C=O) groups is 3. The summed E-state index contributed by atoms with van der Waals surface area (Å²) < 4.78 is 43.8. The number of aromatic nitrogens is 5. The van der Waals surface area contributed by atoms with Crippen LogP contribution >= 0.6 is 7.82 Å². The van der Waals surface area contributed by atoms with Gasteiger partial charge < -0.3 is 20.1 Å². The lowest BCUT2D eigenvalue weighted by Gasteiger charge is -2.18. The van der Waals surface area contributed by atoms with E-state index in [1.165, 1.54) is 47.9 Å². The number of nitrogens with zero attached hydrogens (tertiary/aromatic N) is 6. The standard InChI is InChI=1S/C43H43N8O9P/c1-44-42(53)35-24-51(38(46-41(52)32-21-22-32)23-37(35)45-36-16-10-15-34(39(36)56-3)40-47-49-50(2)48-40)28-57-43(54)33-19-17-31(18-20-33)27-60-61(55,58-25-29-11-6-4-7-12-29)59-26-30-13-8-5-9-14-30/h4-20,23-24,32,45H,21-22,25-28H2,1-3H3,(H,44,53)/b46-38+. The first-order valence-electron chi connectivity index (χ1n) is 19.2. The number of esters is 1. The summed E-state index contributed by atoms with van der Waals surface area (Å²) in [6.45, 7) is -0.506. The van der Waals surface area contributed by atoms with Crippen molar-refractivity contribution in [2.45, 2.75) is 39.4 Å². The van der Waals surface area contributed by atoms with Crippen LogP contribution in [-0.2, 0) is 61.3 Å². The van der Waals surface area contributed by atoms with Gasteiger partial charge in [-0.25, -0.2) is 9.36 Å². The zero-order valence-electron chi connectivity index (χ0n) is 33.6. The smallest absolute Gasteiger partial charge is 0.475 e. The van der Waals surface area contributed by atoms with Gasteiger partial charge in [-0.2, -0.15) is 9.79 Å². The Morgan fingerprint density at radius 3 is 2.00 bits per heavy atom. The number of ether oxygens (including phenoxy) is 2. The molecule has 2 aromatic heterocycles. The molecule has 18 heteroatoms. The van der Waals surface area contributed by atoms with Crippen LogP contribution in [0.25, 0.3) is 11.4 Å². The Hall–Kier alpha value is -6.78. The highest BCUT2D eigenvalue weighted by atomic mass is 31.2. The summed E-state index contributed by atoms with van der Waals surface area (Å²) in [4.78, 5) is 45.4. The Morgan fingerprint density at radius 2 is 1.44 bits per heavy atom. The van der Waals surface area contributed by atoms with Gasteiger partial charge >= 0.3 is 13.8 Å². The lowest BCUT2D eigenvalue weighted by Crippen LogP contribution is -2.29. The quantitative estimate of drug-likeness (QED) is 0.0703. The minimum Gasteiger partial charge on any atom is -0.494 e. The lowest BCUT2D eigenvalue weighted by atomic mass is 10.1. The topological polar surface area (TPSA) is 199 Å². The number of rotatable bonds is 18. The Bertz CT molecular complexity index is 2570. The minimum atomic E-state index is -4.04. The number of para-hydroxylation sites is 1. The number of benzene rings is 4. The molecule has 1 fully saturated rings. The van der Waals surface area contributed by atoms with E-state index in [0.717, 1.165) is 24.0 Å². The molecule has 2 heterocycles. The predicted molar refractivity (Wildman–Crippen MR) is 222 cm³/mol. The van der Waals surface area contributed by atoms with Crippen molar-refractivity contribution >= 4 is 37.0 Å². The Balaban J connectivity index is 1.07. The Labute approximate surface area is 350 Å². The Morgan fingerprint density at radius 1 is 0.820 bits per heavy atom. The molecule has 0 saturated heterocycles. The van der Waals surface area contributed by atoms with Gasteiger partial charge in [-0.3, -0.25) is 27.7 Å². The predicted octanol–water partition coefficient (Wildman–Crippen LogP) is 6.50. The second kappa shape index (κ2) is 19.5. The van der Waals surface area contributed by atoms with Gasteiger partial charge in [0.05, 0.1) is 62.0 Å². The van der Waals surface area contributed by atoms with Crippen molar-refractivity contribution in [1.29, 1.82) is 0 Å². The number of hydrogen-bond donors (Lipinski definition) is 2. The molecule has 7 rings (SSSR count). The third-order valence-electron chi connectivity index (χ3n) is 9.38. The van der Waals surface area contributed by atoms with Crippen LogP contribution in [-0.4, -0.2) is 56.7 Å². The minimum absolute atomic E-state index is 0.00851. The number of amides is 2. The van der Waals surface area contributed by atoms with Gasteiger partial charge in [0.25, 0.3) is 11.8 Å². The number of tetrazole rings is 1. The molecule has 314 valence electrons. The second-order valence-electron chi connectivity index (χ2n) is 13.8. The van der Waals surface area contributed by atoms with Gasteiger partial charge in [0.1, 0.15) is 5.49 Å². The normalized spacial score (nSPS) is 12.8. The summed E-state index contributed by atoms with van der Waals surface area (Å²) in [6, 6.07) is 31.7. The fourth-order valence-electron chi connectivity index (χ4n) is 5.97. The van der Waals surface area contributed by atoms with Crippen LogP contribution in [0.15, 0.2) is 120 Å². The van der Waals surface area contributed by atoms with E-state index >= 15 is 0 Å². The van der Waals surface area contributed by atoms with Crippen molar-refractivity contribution in [3.63, 3.8) is 0 Å². The SMILES string of the molecule is CNC(=O)c1cn(COC(=O)c2ccc(COP(=O)(OCc3ccccc3)OCc3ccccc3)cc2)/c(=N/C(=O)C2CC2)cc1Nc1cccc(-c2nnn(C)n2)c1OC. The summed E-state index contributed by atoms with van der Waals surface area (Å²) in [6.07, 6.45) is 2.89. The van der Waals surface area contributed by atoms with E-state index in [1.807, 2.05) is 60.7 Å². The third kappa shape index (κ3) is 11.1. The maximum absolute atomic E-state index is 13.7. The highest BCUT2D eigenvalue weighted by Crippen LogP contribution is 2.51. The maximum atomic E-state index is 13.7. The van der Waals surface area contributed by atoms with Crippen molar-refractivity contribution in [1.82, 2.24) is 30.1 Å². The molecular formula is C43H43N8O9P. The molecule has 17 nitrogen and oxygen atoms in total. The summed E-state index contributed by atoms with van der Waals surface area (Å²) >= 11 is 0. The van der Waals surface area contributed by atoms with Gasteiger partial charge in [-0.1, -0.05) is 78.9 Å². The van der Waals surface area contributed by atoms with Gasteiger partial charge in [0, 0.05) is 25.2 Å². The fraction of sp³-hybridized carbons (Fsp3) is 0.233. The number of phosphoric acid groups is 1. The van der Waals surface area contributed by atoms with E-state index < -0.39 is 19.7 Å². The molecule has 0 aliphatic heterocycles. The number of pyridine rings is 1. The largest absolute Gasteiger partial charge is 0.494 e. The molecule has 61 heavy (non-hydrogen) atoms. The summed E-state index contributed by atoms with van der Waals surface area (Å²) in [5.74, 6) is -0.974. The molecule has 2 amide bonds. The highest BCUT2D eigenvalue weighted by Gasteiger charge is 2.30. The molecule has 0 bridgehead atoms. The first-order valence-corrected chi connectivity index (χ1v) is 20.7. The molecule has 0 unspecified atom stereocenters. The van der Waals surface area contributed by atoms with Gasteiger partial charge in [0.15, 0.2) is 12.5 Å². The second-order valence-corrected chi connectivity index (χ2v) is 15.5. The average Bonchev–Trinajstić information content (AvgIpc) is 4.06. The number of aryl methyl sites for hydroxylation is 1. The van der Waals surface area contributed by atoms with Gasteiger partial charge in [-0.15, -0.1) is 10.2 Å². The molecule has 4 aromatic carbocycles. The average molecular weight is 847 g/mol. The number of phosphoric ester groups is 1. The van der Waals surface area contributed by atoms with E-state index in [2.05, 4.69) is 31.0 Å². The third-order valence-corrected chi connectivity index (χ3v) is 10.7. The lowest BCUT2D eigenvalue weighted by molar-refractivity contribution is -0.119. The first-order chi connectivity index (χ1) is 29.6. The number of hydrogen-bond acceptors (Lipinski definition) is 13. The van der Waals surface area contributed by atoms with Crippen LogP contribution < -0.4 is 20.9 Å². The van der Waals surface area contributed by atoms with Crippen LogP contribution in [0.3, 0.4) is 0 Å². The number of nitrogens with one attached hydrogen (secondary N) is 2. The first kappa shape index (κ1) is 42.3. The number of anilines is 2. The van der Waals surface area contributed by atoms with E-state index in [1.54, 1.807) is 37.4 Å². The molecule has 6 aromatic rings. The molecule has 1 saturated carbocycles. The highest BCUT2D eigenvalue weighted by molar-refractivity contribution is 7.48. The zero-order chi connectivity index (χ0) is 42.8. The molecule has 2 N–H and O–H groups in total. The zero-order valence-corrected chi connectivity index (χ0v) is 34.5. The molecule has 1 aliphatic rings. The number of methoxy groups -OCH3 is 1. The maximum Gasteiger partial charge on any atom is 0.475 e. The van der Waals surface area contributed by atoms with E-state index in [9.17, 15) is 18.9 Å². The van der Waals surface area contributed by atoms with Crippen LogP contribution in [0.2, 0.25) is 0 Å². The van der Waals surface area contributed by atoms with Crippen molar-refractivity contribution in [2.75, 3.05) is 19.5 Å². The molecule has 1 aliphatic carbocycles. The molecule has 0 radical (unpaired) electrons. The van der Waals surface area contributed by atoms with Crippen LogP contribution in [0.1, 0.15) is 50.2 Å². The van der Waals surface area contributed by atoms with E-state index in [4.69, 9.17) is 23.0 Å². The molecular weight excluding hydrogens is 803 g/mol. The van der Waals surface area contributed by atoms with Crippen LogP contribution in [0, 0.1) is 5.92 Å². The number of carbonyl (C=O) groups excluding carboxylic acids is 3. The van der Waals surface area contributed by atoms with E-state index in [-0.39, 0.29) is 55.0 Å². The van der Waals surface area contributed by atoms with Crippen molar-refractivity contribution in [3.05, 3.63) is 149 Å². The fourth-order valence-corrected chi connectivity index (χ4v) is 7.12. The van der Waals surface area contributed by atoms with Crippen LogP contribution in [0.5, 0.6) is 5.75 Å².